The van der Waals surface area contributed by atoms with Crippen molar-refractivity contribution >= 4 is 17.7 Å². The molecule has 0 aliphatic carbocycles. The van der Waals surface area contributed by atoms with Gasteiger partial charge in [0.1, 0.15) is 5.66 Å². The summed E-state index contributed by atoms with van der Waals surface area (Å²) in [7, 11) is 0. The number of hydrogen-bond acceptors (Lipinski definition) is 4. The summed E-state index contributed by atoms with van der Waals surface area (Å²) in [6.07, 6.45) is 5.74. The van der Waals surface area contributed by atoms with Crippen LogP contribution in [0.25, 0.3) is 0 Å². The van der Waals surface area contributed by atoms with E-state index in [-0.39, 0.29) is 28.3 Å². The van der Waals surface area contributed by atoms with Crippen molar-refractivity contribution in [2.75, 3.05) is 13.1 Å². The van der Waals surface area contributed by atoms with Crippen LogP contribution in [0.1, 0.15) is 116 Å². The van der Waals surface area contributed by atoms with Gasteiger partial charge in [-0.3, -0.25) is 4.79 Å². The van der Waals surface area contributed by atoms with Gasteiger partial charge < -0.3 is 14.9 Å². The number of amidine groups is 1. The van der Waals surface area contributed by atoms with E-state index in [0.717, 1.165) is 57.2 Å². The Hall–Kier alpha value is -2.37. The Morgan fingerprint density at radius 1 is 1.08 bits per heavy atom. The van der Waals surface area contributed by atoms with Crippen LogP contribution in [0.3, 0.4) is 0 Å². The van der Waals surface area contributed by atoms with Gasteiger partial charge in [-0.25, -0.2) is 9.79 Å². The van der Waals surface area contributed by atoms with Crippen LogP contribution >= 0.6 is 0 Å². The number of rotatable bonds is 9. The van der Waals surface area contributed by atoms with Crippen LogP contribution in [0.2, 0.25) is 0 Å². The summed E-state index contributed by atoms with van der Waals surface area (Å²) in [6.45, 7) is 19.7. The maximum atomic E-state index is 14.0. The van der Waals surface area contributed by atoms with E-state index >= 15 is 0 Å². The van der Waals surface area contributed by atoms with Crippen LogP contribution in [0.5, 0.6) is 0 Å². The SMILES string of the molecule is CCC(CCC1(C)N=C(N2CCC2)C(=O)N1[C@H](CCC(C)(C)C)c1ccc(C(=O)O)cc1)C(C)(C)C. The smallest absolute Gasteiger partial charge is 0.335 e. The lowest BCUT2D eigenvalue weighted by atomic mass is 9.75. The lowest BCUT2D eigenvalue weighted by Crippen LogP contribution is -2.51. The van der Waals surface area contributed by atoms with Gasteiger partial charge in [-0.05, 0) is 73.5 Å². The summed E-state index contributed by atoms with van der Waals surface area (Å²) in [5.74, 6) is 0.223. The summed E-state index contributed by atoms with van der Waals surface area (Å²) < 4.78 is 0. The maximum Gasteiger partial charge on any atom is 0.335 e. The van der Waals surface area contributed by atoms with E-state index in [9.17, 15) is 14.7 Å². The molecule has 1 amide bonds. The lowest BCUT2D eigenvalue weighted by Gasteiger charge is -2.42. The predicted molar refractivity (Wildman–Crippen MR) is 146 cm³/mol. The Labute approximate surface area is 218 Å². The van der Waals surface area contributed by atoms with Crippen molar-refractivity contribution in [2.24, 2.45) is 21.7 Å². The number of benzene rings is 1. The number of carbonyl (C=O) groups is 2. The van der Waals surface area contributed by atoms with Crippen LogP contribution < -0.4 is 0 Å². The zero-order chi connectivity index (χ0) is 26.9. The molecule has 2 aliphatic heterocycles. The summed E-state index contributed by atoms with van der Waals surface area (Å²) in [4.78, 5) is 34.8. The van der Waals surface area contributed by atoms with E-state index in [1.807, 2.05) is 17.0 Å². The van der Waals surface area contributed by atoms with Crippen molar-refractivity contribution in [2.45, 2.75) is 106 Å². The maximum absolute atomic E-state index is 14.0. The highest BCUT2D eigenvalue weighted by Crippen LogP contribution is 2.44. The highest BCUT2D eigenvalue weighted by molar-refractivity contribution is 6.39. The third kappa shape index (κ3) is 6.30. The number of nitrogens with zero attached hydrogens (tertiary/aromatic N) is 3. The minimum atomic E-state index is -0.939. The third-order valence-corrected chi connectivity index (χ3v) is 8.14. The van der Waals surface area contributed by atoms with Gasteiger partial charge in [0.05, 0.1) is 11.6 Å². The average molecular weight is 498 g/mol. The number of hydrogen-bond donors (Lipinski definition) is 1. The van der Waals surface area contributed by atoms with Crippen molar-refractivity contribution in [1.29, 1.82) is 0 Å². The summed E-state index contributed by atoms with van der Waals surface area (Å²) >= 11 is 0. The van der Waals surface area contributed by atoms with Crippen molar-refractivity contribution in [1.82, 2.24) is 9.80 Å². The second kappa shape index (κ2) is 10.5. The first-order valence-electron chi connectivity index (χ1n) is 13.7. The van der Waals surface area contributed by atoms with Gasteiger partial charge in [0.25, 0.3) is 5.91 Å². The fraction of sp³-hybridized carbons (Fsp3) is 0.700. The molecule has 2 unspecified atom stereocenters. The monoisotopic (exact) mass is 497 g/mol. The number of carboxylic acids is 1. The molecule has 1 fully saturated rings. The quantitative estimate of drug-likeness (QED) is 0.409. The Morgan fingerprint density at radius 3 is 2.14 bits per heavy atom. The minimum Gasteiger partial charge on any atom is -0.478 e. The number of carbonyl (C=O) groups excluding carboxylic acids is 1. The molecule has 2 heterocycles. The molecule has 36 heavy (non-hydrogen) atoms. The normalized spacial score (nSPS) is 22.3. The fourth-order valence-corrected chi connectivity index (χ4v) is 5.60. The minimum absolute atomic E-state index is 0.0160. The van der Waals surface area contributed by atoms with Gasteiger partial charge in [-0.1, -0.05) is 67.0 Å². The number of aromatic carboxylic acids is 1. The van der Waals surface area contributed by atoms with Crippen LogP contribution in [-0.2, 0) is 4.79 Å². The number of amides is 1. The predicted octanol–water partition coefficient (Wildman–Crippen LogP) is 6.77. The van der Waals surface area contributed by atoms with Gasteiger partial charge in [0.15, 0.2) is 5.84 Å². The summed E-state index contributed by atoms with van der Waals surface area (Å²) in [5, 5.41) is 9.41. The van der Waals surface area contributed by atoms with Gasteiger partial charge in [-0.15, -0.1) is 0 Å². The van der Waals surface area contributed by atoms with E-state index in [2.05, 4.69) is 60.3 Å². The summed E-state index contributed by atoms with van der Waals surface area (Å²) in [6, 6.07) is 6.92. The second-order valence-corrected chi connectivity index (χ2v) is 13.2. The molecule has 0 saturated carbocycles. The van der Waals surface area contributed by atoms with E-state index in [1.165, 1.54) is 0 Å². The molecule has 6 nitrogen and oxygen atoms in total. The van der Waals surface area contributed by atoms with Crippen molar-refractivity contribution in [3.05, 3.63) is 35.4 Å². The zero-order valence-corrected chi connectivity index (χ0v) is 23.7. The molecular weight excluding hydrogens is 450 g/mol. The molecule has 0 aromatic heterocycles. The van der Waals surface area contributed by atoms with Crippen LogP contribution in [0.15, 0.2) is 29.3 Å². The van der Waals surface area contributed by atoms with Gasteiger partial charge in [0, 0.05) is 13.1 Å². The van der Waals surface area contributed by atoms with Crippen molar-refractivity contribution < 1.29 is 14.7 Å². The number of carboxylic acid groups (broad SMARTS) is 1. The molecule has 1 aromatic rings. The van der Waals surface area contributed by atoms with E-state index < -0.39 is 11.6 Å². The Morgan fingerprint density at radius 2 is 1.69 bits per heavy atom. The Kier molecular flexibility index (Phi) is 8.26. The van der Waals surface area contributed by atoms with Gasteiger partial charge >= 0.3 is 5.97 Å². The topological polar surface area (TPSA) is 73.2 Å². The van der Waals surface area contributed by atoms with Crippen molar-refractivity contribution in [3.63, 3.8) is 0 Å². The van der Waals surface area contributed by atoms with Gasteiger partial charge in [0.2, 0.25) is 0 Å². The standard InChI is InChI=1S/C30H47N3O3/c1-9-23(29(5,6)7)15-18-30(8)31-25(32-19-10-20-32)26(34)33(30)24(16-17-28(2,3)4)21-11-13-22(14-12-21)27(35)36/h11-14,23-24H,9-10,15-20H2,1-8H3,(H,35,36)/t23?,24-,30?/m1/s1. The largest absolute Gasteiger partial charge is 0.478 e. The first-order valence-corrected chi connectivity index (χ1v) is 13.7. The molecule has 0 bridgehead atoms. The first-order chi connectivity index (χ1) is 16.7. The van der Waals surface area contributed by atoms with E-state index in [1.54, 1.807) is 12.1 Å². The van der Waals surface area contributed by atoms with Crippen LogP contribution in [-0.4, -0.2) is 51.4 Å². The first kappa shape index (κ1) is 28.2. The Bertz CT molecular complexity index is 967. The highest BCUT2D eigenvalue weighted by Gasteiger charge is 2.49. The van der Waals surface area contributed by atoms with E-state index in [0.29, 0.717) is 11.8 Å². The molecule has 1 N–H and O–H groups in total. The molecule has 3 atom stereocenters. The molecule has 0 radical (unpaired) electrons. The molecular formula is C30H47N3O3. The fourth-order valence-electron chi connectivity index (χ4n) is 5.60. The Balaban J connectivity index is 2.01. The van der Waals surface area contributed by atoms with Crippen LogP contribution in [0, 0.1) is 16.7 Å². The molecule has 2 aliphatic rings. The number of likely N-dealkylation sites (tertiary alicyclic amines) is 1. The molecule has 3 rings (SSSR count). The lowest BCUT2D eigenvalue weighted by molar-refractivity contribution is -0.132. The van der Waals surface area contributed by atoms with E-state index in [4.69, 9.17) is 4.99 Å². The second-order valence-electron chi connectivity index (χ2n) is 13.2. The zero-order valence-electron chi connectivity index (χ0n) is 23.7. The molecule has 6 heteroatoms. The average Bonchev–Trinajstić information content (AvgIpc) is 2.97. The molecule has 200 valence electrons. The van der Waals surface area contributed by atoms with Gasteiger partial charge in [-0.2, -0.15) is 0 Å². The third-order valence-electron chi connectivity index (χ3n) is 8.14. The highest BCUT2D eigenvalue weighted by atomic mass is 16.4. The number of aliphatic imine (C=N–C) groups is 1. The summed E-state index contributed by atoms with van der Waals surface area (Å²) in [5.41, 5.74) is 0.915. The molecule has 1 aromatic carbocycles. The van der Waals surface area contributed by atoms with Crippen molar-refractivity contribution in [3.8, 4) is 0 Å². The van der Waals surface area contributed by atoms with Crippen LogP contribution in [0.4, 0.5) is 0 Å². The molecule has 1 saturated heterocycles. The molecule has 0 spiro atoms.